The molecule has 0 amide bonds. The summed E-state index contributed by atoms with van der Waals surface area (Å²) in [6, 6.07) is 0. The van der Waals surface area contributed by atoms with Crippen LogP contribution in [-0.2, 0) is 19.5 Å². The zero-order valence-corrected chi connectivity index (χ0v) is 33.1. The molecule has 278 valence electrons. The Morgan fingerprint density at radius 1 is 0.362 bits per heavy atom. The standard InChI is InChI=1S/C45H89N2/c1-4-7-10-13-16-18-20-22-24-25-26-28-30-32-34-37-40-45-46(41-38-35-15-12-9-6-3)43-44-47(45)42-39-36-33-31-29-27-23-21-19-17-14-11-8-5-2/h43-44H,4-42H2,1-3H3/q+1. The third-order valence-corrected chi connectivity index (χ3v) is 10.8. The number of aromatic nitrogens is 2. The minimum Gasteiger partial charge on any atom is -0.234 e. The van der Waals surface area contributed by atoms with Gasteiger partial charge in [0.25, 0.3) is 5.82 Å². The van der Waals surface area contributed by atoms with Gasteiger partial charge in [-0.2, -0.15) is 0 Å². The van der Waals surface area contributed by atoms with Crippen LogP contribution in [0.4, 0.5) is 0 Å². The van der Waals surface area contributed by atoms with Crippen LogP contribution in [0.5, 0.6) is 0 Å². The molecule has 2 heteroatoms. The van der Waals surface area contributed by atoms with Gasteiger partial charge in [-0.1, -0.05) is 220 Å². The highest BCUT2D eigenvalue weighted by atomic mass is 15.1. The fraction of sp³-hybridized carbons (Fsp3) is 0.933. The number of aryl methyl sites for hydroxylation is 2. The average molecular weight is 658 g/mol. The molecule has 0 saturated heterocycles. The number of imidazole rings is 1. The van der Waals surface area contributed by atoms with Crippen LogP contribution in [0.15, 0.2) is 12.4 Å². The molecule has 0 spiro atoms. The van der Waals surface area contributed by atoms with Crippen LogP contribution in [0.3, 0.4) is 0 Å². The highest BCUT2D eigenvalue weighted by Gasteiger charge is 2.16. The van der Waals surface area contributed by atoms with Crippen molar-refractivity contribution in [2.75, 3.05) is 0 Å². The Morgan fingerprint density at radius 3 is 1.02 bits per heavy atom. The number of rotatable bonds is 39. The Kier molecular flexibility index (Phi) is 34.3. The van der Waals surface area contributed by atoms with E-state index in [0.717, 1.165) is 0 Å². The highest BCUT2D eigenvalue weighted by Crippen LogP contribution is 2.16. The van der Waals surface area contributed by atoms with E-state index < -0.39 is 0 Å². The van der Waals surface area contributed by atoms with Crippen molar-refractivity contribution in [3.63, 3.8) is 0 Å². The van der Waals surface area contributed by atoms with Crippen LogP contribution in [0.2, 0.25) is 0 Å². The van der Waals surface area contributed by atoms with E-state index in [1.165, 1.54) is 251 Å². The summed E-state index contributed by atoms with van der Waals surface area (Å²) in [7, 11) is 0. The third-order valence-electron chi connectivity index (χ3n) is 10.8. The lowest BCUT2D eigenvalue weighted by Crippen LogP contribution is -2.37. The van der Waals surface area contributed by atoms with Crippen molar-refractivity contribution in [2.45, 2.75) is 271 Å². The van der Waals surface area contributed by atoms with Crippen LogP contribution in [0.25, 0.3) is 0 Å². The second-order valence-electron chi connectivity index (χ2n) is 15.5. The van der Waals surface area contributed by atoms with E-state index in [4.69, 9.17) is 0 Å². The molecule has 47 heavy (non-hydrogen) atoms. The van der Waals surface area contributed by atoms with Crippen molar-refractivity contribution < 1.29 is 4.57 Å². The van der Waals surface area contributed by atoms with Gasteiger partial charge in [0.1, 0.15) is 12.4 Å². The quantitative estimate of drug-likeness (QED) is 0.0492. The van der Waals surface area contributed by atoms with Crippen molar-refractivity contribution in [3.8, 4) is 0 Å². The molecule has 1 aromatic rings. The predicted octanol–water partition coefficient (Wildman–Crippen LogP) is 15.4. The fourth-order valence-corrected chi connectivity index (χ4v) is 7.56. The summed E-state index contributed by atoms with van der Waals surface area (Å²) in [5.41, 5.74) is 0. The molecular formula is C45H89N2+. The molecule has 2 nitrogen and oxygen atoms in total. The Labute approximate surface area is 298 Å². The summed E-state index contributed by atoms with van der Waals surface area (Å²) in [4.78, 5) is 0. The van der Waals surface area contributed by atoms with Crippen LogP contribution in [-0.4, -0.2) is 4.57 Å². The Balaban J connectivity index is 2.19. The van der Waals surface area contributed by atoms with E-state index in [-0.39, 0.29) is 0 Å². The number of unbranched alkanes of at least 4 members (excludes halogenated alkanes) is 33. The van der Waals surface area contributed by atoms with Crippen LogP contribution < -0.4 is 4.57 Å². The van der Waals surface area contributed by atoms with E-state index in [9.17, 15) is 0 Å². The smallest absolute Gasteiger partial charge is 0.234 e. The van der Waals surface area contributed by atoms with Crippen LogP contribution in [0.1, 0.15) is 258 Å². The highest BCUT2D eigenvalue weighted by molar-refractivity contribution is 4.84. The molecule has 1 rings (SSSR count). The summed E-state index contributed by atoms with van der Waals surface area (Å²) in [6.07, 6.45) is 57.9. The van der Waals surface area contributed by atoms with Gasteiger partial charge in [0.05, 0.1) is 13.1 Å². The lowest BCUT2D eigenvalue weighted by atomic mass is 10.0. The zero-order valence-electron chi connectivity index (χ0n) is 33.1. The maximum Gasteiger partial charge on any atom is 0.256 e. The molecule has 0 radical (unpaired) electrons. The summed E-state index contributed by atoms with van der Waals surface area (Å²) >= 11 is 0. The first-order valence-corrected chi connectivity index (χ1v) is 22.4. The largest absolute Gasteiger partial charge is 0.256 e. The monoisotopic (exact) mass is 658 g/mol. The second kappa shape index (κ2) is 36.5. The summed E-state index contributed by atoms with van der Waals surface area (Å²) in [6.45, 7) is 9.41. The van der Waals surface area contributed by atoms with Gasteiger partial charge < -0.3 is 0 Å². The molecule has 0 aliphatic heterocycles. The second-order valence-corrected chi connectivity index (χ2v) is 15.5. The van der Waals surface area contributed by atoms with E-state index in [1.54, 1.807) is 5.82 Å². The van der Waals surface area contributed by atoms with Crippen molar-refractivity contribution in [3.05, 3.63) is 18.2 Å². The zero-order chi connectivity index (χ0) is 33.7. The van der Waals surface area contributed by atoms with E-state index >= 15 is 0 Å². The molecule has 0 aromatic carbocycles. The predicted molar refractivity (Wildman–Crippen MR) is 212 cm³/mol. The van der Waals surface area contributed by atoms with E-state index in [2.05, 4.69) is 42.3 Å². The topological polar surface area (TPSA) is 8.81 Å². The van der Waals surface area contributed by atoms with Gasteiger partial charge in [-0.3, -0.25) is 0 Å². The molecule has 0 saturated carbocycles. The Hall–Kier alpha value is -0.790. The lowest BCUT2D eigenvalue weighted by molar-refractivity contribution is -0.704. The molecule has 0 aliphatic carbocycles. The summed E-state index contributed by atoms with van der Waals surface area (Å²) < 4.78 is 5.28. The molecule has 1 aromatic heterocycles. The van der Waals surface area contributed by atoms with Gasteiger partial charge in [0.15, 0.2) is 0 Å². The normalized spacial score (nSPS) is 11.6. The maximum absolute atomic E-state index is 2.64. The van der Waals surface area contributed by atoms with Crippen molar-refractivity contribution in [1.29, 1.82) is 0 Å². The van der Waals surface area contributed by atoms with Crippen molar-refractivity contribution in [1.82, 2.24) is 4.57 Å². The van der Waals surface area contributed by atoms with Crippen LogP contribution in [0, 0.1) is 0 Å². The van der Waals surface area contributed by atoms with Gasteiger partial charge in [-0.15, -0.1) is 0 Å². The molecular weight excluding hydrogens is 569 g/mol. The van der Waals surface area contributed by atoms with E-state index in [0.29, 0.717) is 0 Å². The van der Waals surface area contributed by atoms with Crippen molar-refractivity contribution >= 4 is 0 Å². The molecule has 0 bridgehead atoms. The van der Waals surface area contributed by atoms with Gasteiger partial charge in [0, 0.05) is 6.42 Å². The minimum atomic E-state index is 1.23. The summed E-state index contributed by atoms with van der Waals surface area (Å²) in [5.74, 6) is 1.62. The Bertz CT molecular complexity index is 722. The van der Waals surface area contributed by atoms with E-state index in [1.807, 2.05) is 0 Å². The first-order valence-electron chi connectivity index (χ1n) is 22.4. The van der Waals surface area contributed by atoms with Crippen LogP contribution >= 0.6 is 0 Å². The fourth-order valence-electron chi connectivity index (χ4n) is 7.56. The molecule has 1 heterocycles. The number of hydrogen-bond donors (Lipinski definition) is 0. The third kappa shape index (κ3) is 28.7. The average Bonchev–Trinajstić information content (AvgIpc) is 3.47. The minimum absolute atomic E-state index is 1.23. The number of hydrogen-bond acceptors (Lipinski definition) is 0. The van der Waals surface area contributed by atoms with Gasteiger partial charge in [0.2, 0.25) is 0 Å². The molecule has 0 fully saturated rings. The van der Waals surface area contributed by atoms with Gasteiger partial charge in [-0.25, -0.2) is 9.13 Å². The first-order chi connectivity index (χ1) is 23.3. The molecule has 0 atom stereocenters. The SMILES string of the molecule is CCCCCCCCCCCCCCCCCCc1n(CCCCCCCC)cc[n+]1CCCCCCCCCCCCCCCC. The Morgan fingerprint density at radius 2 is 0.660 bits per heavy atom. The molecule has 0 unspecified atom stereocenters. The number of nitrogens with zero attached hydrogens (tertiary/aromatic N) is 2. The summed E-state index contributed by atoms with van der Waals surface area (Å²) in [5, 5.41) is 0. The lowest BCUT2D eigenvalue weighted by Gasteiger charge is -2.07. The maximum atomic E-state index is 2.64. The molecule has 0 aliphatic rings. The molecule has 0 N–H and O–H groups in total. The van der Waals surface area contributed by atoms with Gasteiger partial charge in [-0.05, 0) is 32.1 Å². The first kappa shape index (κ1) is 44.2. The van der Waals surface area contributed by atoms with Crippen molar-refractivity contribution in [2.24, 2.45) is 0 Å². The van der Waals surface area contributed by atoms with Gasteiger partial charge >= 0.3 is 0 Å².